The summed E-state index contributed by atoms with van der Waals surface area (Å²) >= 11 is 0. The molecule has 9 aromatic rings. The maximum absolute atomic E-state index is 5.12. The molecule has 0 radical (unpaired) electrons. The molecule has 0 saturated carbocycles. The van der Waals surface area contributed by atoms with Gasteiger partial charge < -0.3 is 0 Å². The zero-order valence-electron chi connectivity index (χ0n) is 28.0. The van der Waals surface area contributed by atoms with Crippen molar-refractivity contribution in [3.05, 3.63) is 181 Å². The van der Waals surface area contributed by atoms with Gasteiger partial charge in [-0.3, -0.25) is 9.80 Å². The molecule has 4 heteroatoms. The van der Waals surface area contributed by atoms with E-state index >= 15 is 0 Å². The molecular weight excluding hydrogens is 609 g/mol. The van der Waals surface area contributed by atoms with Crippen molar-refractivity contribution in [1.29, 1.82) is 0 Å². The van der Waals surface area contributed by atoms with Crippen molar-refractivity contribution in [3.63, 3.8) is 0 Å². The Bertz CT molecular complexity index is 2470. The standard InChI is InChI=1S/C46H34N4/c1-31-13-11-23-43(47-31)49(37-27-25-33-15-3-5-17-35(33)29-37)45-39-19-7-9-21-41(39)46(42-22-10-8-20-40(42)45)50(44-24-12-14-32(2)48-44)38-28-26-34-16-4-6-18-36(34)30-38/h3-30H,1-2H3. The Labute approximate surface area is 291 Å². The summed E-state index contributed by atoms with van der Waals surface area (Å²) < 4.78 is 0. The SMILES string of the molecule is Cc1cccc(N(c2ccc3ccccc3c2)c2c3ccccc3c(N(c3ccc4ccccc4c3)c3cccc(C)n3)c3ccccc23)n1. The van der Waals surface area contributed by atoms with Crippen LogP contribution in [0.4, 0.5) is 34.4 Å². The second kappa shape index (κ2) is 12.2. The zero-order chi connectivity index (χ0) is 33.6. The molecular formula is C46H34N4. The molecule has 238 valence electrons. The number of aryl methyl sites for hydroxylation is 2. The highest BCUT2D eigenvalue weighted by molar-refractivity contribution is 6.23. The maximum Gasteiger partial charge on any atom is 0.137 e. The van der Waals surface area contributed by atoms with Crippen LogP contribution in [0.25, 0.3) is 43.1 Å². The maximum atomic E-state index is 5.12. The molecule has 0 aliphatic carbocycles. The van der Waals surface area contributed by atoms with Gasteiger partial charge in [0.15, 0.2) is 0 Å². The third-order valence-corrected chi connectivity index (χ3v) is 9.51. The Morgan fingerprint density at radius 1 is 0.340 bits per heavy atom. The lowest BCUT2D eigenvalue weighted by molar-refractivity contribution is 1.13. The van der Waals surface area contributed by atoms with Gasteiger partial charge in [0.25, 0.3) is 0 Å². The summed E-state index contributed by atoms with van der Waals surface area (Å²) in [4.78, 5) is 14.9. The fourth-order valence-electron chi connectivity index (χ4n) is 7.25. The molecule has 50 heavy (non-hydrogen) atoms. The van der Waals surface area contributed by atoms with E-state index in [1.54, 1.807) is 0 Å². The highest BCUT2D eigenvalue weighted by atomic mass is 15.2. The Hall–Kier alpha value is -6.52. The van der Waals surface area contributed by atoms with Gasteiger partial charge in [-0.15, -0.1) is 0 Å². The molecule has 2 heterocycles. The molecule has 0 unspecified atom stereocenters. The molecule has 0 bridgehead atoms. The number of hydrogen-bond donors (Lipinski definition) is 0. The lowest BCUT2D eigenvalue weighted by Crippen LogP contribution is -2.16. The van der Waals surface area contributed by atoms with E-state index in [-0.39, 0.29) is 0 Å². The van der Waals surface area contributed by atoms with Crippen molar-refractivity contribution in [1.82, 2.24) is 9.97 Å². The number of hydrogen-bond acceptors (Lipinski definition) is 4. The molecule has 4 nitrogen and oxygen atoms in total. The minimum atomic E-state index is 0.870. The first-order valence-corrected chi connectivity index (χ1v) is 17.0. The van der Waals surface area contributed by atoms with E-state index in [1.165, 1.54) is 21.5 Å². The normalized spacial score (nSPS) is 11.4. The zero-order valence-corrected chi connectivity index (χ0v) is 28.0. The first-order chi connectivity index (χ1) is 24.6. The average Bonchev–Trinajstić information content (AvgIpc) is 3.16. The second-order valence-corrected chi connectivity index (χ2v) is 12.8. The van der Waals surface area contributed by atoms with E-state index in [4.69, 9.17) is 9.97 Å². The van der Waals surface area contributed by atoms with Gasteiger partial charge in [-0.2, -0.15) is 0 Å². The minimum Gasteiger partial charge on any atom is -0.294 e. The fraction of sp³-hybridized carbons (Fsp3) is 0.0435. The first kappa shape index (κ1) is 29.6. The van der Waals surface area contributed by atoms with Crippen molar-refractivity contribution >= 4 is 77.5 Å². The summed E-state index contributed by atoms with van der Waals surface area (Å²) in [6.45, 7) is 4.11. The van der Waals surface area contributed by atoms with Gasteiger partial charge in [-0.05, 0) is 83.9 Å². The van der Waals surface area contributed by atoms with E-state index in [1.807, 2.05) is 0 Å². The van der Waals surface area contributed by atoms with Crippen LogP contribution < -0.4 is 9.80 Å². The number of aromatic nitrogens is 2. The van der Waals surface area contributed by atoms with Crippen LogP contribution in [0.3, 0.4) is 0 Å². The van der Waals surface area contributed by atoms with E-state index in [9.17, 15) is 0 Å². The smallest absolute Gasteiger partial charge is 0.137 e. The van der Waals surface area contributed by atoms with Crippen molar-refractivity contribution in [2.24, 2.45) is 0 Å². The molecule has 0 spiro atoms. The second-order valence-electron chi connectivity index (χ2n) is 12.8. The summed E-state index contributed by atoms with van der Waals surface area (Å²) in [7, 11) is 0. The molecule has 0 N–H and O–H groups in total. The van der Waals surface area contributed by atoms with Crippen molar-refractivity contribution in [3.8, 4) is 0 Å². The molecule has 7 aromatic carbocycles. The van der Waals surface area contributed by atoms with Gasteiger partial charge in [-0.1, -0.05) is 121 Å². The summed E-state index contributed by atoms with van der Waals surface area (Å²) in [6.07, 6.45) is 0. The Kier molecular flexibility index (Phi) is 7.21. The quantitative estimate of drug-likeness (QED) is 0.133. The molecule has 9 rings (SSSR count). The topological polar surface area (TPSA) is 32.3 Å². The molecule has 0 aliphatic heterocycles. The molecule has 0 fully saturated rings. The monoisotopic (exact) mass is 642 g/mol. The number of benzene rings is 7. The third kappa shape index (κ3) is 5.10. The number of nitrogens with zero attached hydrogens (tertiary/aromatic N) is 4. The Balaban J connectivity index is 1.40. The van der Waals surface area contributed by atoms with E-state index in [0.29, 0.717) is 0 Å². The van der Waals surface area contributed by atoms with Crippen LogP contribution >= 0.6 is 0 Å². The largest absolute Gasteiger partial charge is 0.294 e. The van der Waals surface area contributed by atoms with Gasteiger partial charge in [0.1, 0.15) is 11.6 Å². The van der Waals surface area contributed by atoms with Crippen LogP contribution in [0.1, 0.15) is 11.4 Å². The lowest BCUT2D eigenvalue weighted by atomic mass is 9.95. The first-order valence-electron chi connectivity index (χ1n) is 17.0. The number of pyridine rings is 2. The number of anilines is 6. The predicted octanol–water partition coefficient (Wildman–Crippen LogP) is 12.6. The fourth-order valence-corrected chi connectivity index (χ4v) is 7.25. The van der Waals surface area contributed by atoms with E-state index < -0.39 is 0 Å². The van der Waals surface area contributed by atoms with E-state index in [2.05, 4.69) is 194 Å². The Morgan fingerprint density at radius 3 is 1.08 bits per heavy atom. The summed E-state index contributed by atoms with van der Waals surface area (Å²) in [6, 6.07) is 60.5. The van der Waals surface area contributed by atoms with Crippen LogP contribution in [0, 0.1) is 13.8 Å². The van der Waals surface area contributed by atoms with Gasteiger partial charge in [0.05, 0.1) is 11.4 Å². The highest BCUT2D eigenvalue weighted by Crippen LogP contribution is 2.50. The molecule has 0 saturated heterocycles. The van der Waals surface area contributed by atoms with Gasteiger partial charge in [0.2, 0.25) is 0 Å². The molecule has 0 aliphatic rings. The molecule has 0 amide bonds. The van der Waals surface area contributed by atoms with Crippen molar-refractivity contribution < 1.29 is 0 Å². The van der Waals surface area contributed by atoms with Crippen LogP contribution in [0.15, 0.2) is 170 Å². The summed E-state index contributed by atoms with van der Waals surface area (Å²) in [5.74, 6) is 1.74. The number of fused-ring (bicyclic) bond motifs is 4. The van der Waals surface area contributed by atoms with E-state index in [0.717, 1.165) is 67.3 Å². The molecule has 0 atom stereocenters. The van der Waals surface area contributed by atoms with Crippen LogP contribution in [0.5, 0.6) is 0 Å². The summed E-state index contributed by atoms with van der Waals surface area (Å²) in [5, 5.41) is 9.26. The minimum absolute atomic E-state index is 0.870. The summed E-state index contributed by atoms with van der Waals surface area (Å²) in [5.41, 5.74) is 6.21. The van der Waals surface area contributed by atoms with Crippen LogP contribution in [-0.2, 0) is 0 Å². The van der Waals surface area contributed by atoms with Gasteiger partial charge in [-0.25, -0.2) is 9.97 Å². The predicted molar refractivity (Wildman–Crippen MR) is 211 cm³/mol. The van der Waals surface area contributed by atoms with Gasteiger partial charge >= 0.3 is 0 Å². The third-order valence-electron chi connectivity index (χ3n) is 9.51. The molecule has 2 aromatic heterocycles. The van der Waals surface area contributed by atoms with Gasteiger partial charge in [0, 0.05) is 44.3 Å². The van der Waals surface area contributed by atoms with Crippen molar-refractivity contribution in [2.45, 2.75) is 13.8 Å². The van der Waals surface area contributed by atoms with Crippen LogP contribution in [-0.4, -0.2) is 9.97 Å². The highest BCUT2D eigenvalue weighted by Gasteiger charge is 2.26. The average molecular weight is 643 g/mol. The Morgan fingerprint density at radius 2 is 0.700 bits per heavy atom. The number of rotatable bonds is 6. The lowest BCUT2D eigenvalue weighted by Gasteiger charge is -2.32. The van der Waals surface area contributed by atoms with Crippen molar-refractivity contribution in [2.75, 3.05) is 9.80 Å². The van der Waals surface area contributed by atoms with Crippen LogP contribution in [0.2, 0.25) is 0 Å².